The van der Waals surface area contributed by atoms with Crippen LogP contribution in [0.1, 0.15) is 18.7 Å². The van der Waals surface area contributed by atoms with Crippen molar-refractivity contribution < 1.29 is 4.39 Å². The van der Waals surface area contributed by atoms with Crippen molar-refractivity contribution in [3.05, 3.63) is 28.8 Å². The Hall–Kier alpha value is -0.670. The molecule has 1 aromatic heterocycles. The van der Waals surface area contributed by atoms with Crippen LogP contribution in [0.4, 0.5) is 4.39 Å². The fraction of sp³-hybridized carbons (Fsp3) is 0.286. The van der Waals surface area contributed by atoms with Crippen LogP contribution < -0.4 is 5.73 Å². The van der Waals surface area contributed by atoms with E-state index in [4.69, 9.17) is 17.3 Å². The zero-order chi connectivity index (χ0) is 8.43. The average molecular weight is 175 g/mol. The molecule has 2 N–H and O–H groups in total. The minimum absolute atomic E-state index is 0.0623. The monoisotopic (exact) mass is 174 g/mol. The largest absolute Gasteiger partial charge is 0.323 e. The predicted octanol–water partition coefficient (Wildman–Crippen LogP) is 1.89. The maximum absolute atomic E-state index is 13.0. The highest BCUT2D eigenvalue weighted by molar-refractivity contribution is 6.30. The van der Waals surface area contributed by atoms with Gasteiger partial charge < -0.3 is 5.73 Å². The van der Waals surface area contributed by atoms with Crippen LogP contribution in [0.5, 0.6) is 0 Å². The van der Waals surface area contributed by atoms with E-state index in [1.807, 2.05) is 0 Å². The van der Waals surface area contributed by atoms with Crippen LogP contribution in [0.25, 0.3) is 0 Å². The second kappa shape index (κ2) is 3.15. The van der Waals surface area contributed by atoms with Crippen LogP contribution in [-0.4, -0.2) is 4.98 Å². The van der Waals surface area contributed by atoms with Gasteiger partial charge in [0.05, 0.1) is 10.7 Å². The summed E-state index contributed by atoms with van der Waals surface area (Å²) in [6.45, 7) is 1.65. The van der Waals surface area contributed by atoms with E-state index in [2.05, 4.69) is 4.98 Å². The van der Waals surface area contributed by atoms with Crippen molar-refractivity contribution >= 4 is 11.6 Å². The third kappa shape index (κ3) is 1.67. The summed E-state index contributed by atoms with van der Waals surface area (Å²) in [6, 6.07) is 0.969. The lowest BCUT2D eigenvalue weighted by atomic mass is 10.2. The van der Waals surface area contributed by atoms with E-state index < -0.39 is 11.9 Å². The van der Waals surface area contributed by atoms with Gasteiger partial charge in [-0.05, 0) is 13.0 Å². The van der Waals surface area contributed by atoms with Crippen molar-refractivity contribution in [1.29, 1.82) is 0 Å². The SMILES string of the molecule is C[C@H](N)c1nccc(Cl)c1F. The first-order valence-corrected chi connectivity index (χ1v) is 3.56. The first-order valence-electron chi connectivity index (χ1n) is 3.18. The molecular weight excluding hydrogens is 167 g/mol. The first-order chi connectivity index (χ1) is 5.13. The van der Waals surface area contributed by atoms with Gasteiger partial charge in [0.1, 0.15) is 0 Å². The van der Waals surface area contributed by atoms with Crippen molar-refractivity contribution in [3.8, 4) is 0 Å². The summed E-state index contributed by atoms with van der Waals surface area (Å²) < 4.78 is 13.0. The summed E-state index contributed by atoms with van der Waals surface area (Å²) in [5, 5.41) is 0.0623. The quantitative estimate of drug-likeness (QED) is 0.706. The van der Waals surface area contributed by atoms with Crippen LogP contribution in [0.3, 0.4) is 0 Å². The van der Waals surface area contributed by atoms with Crippen LogP contribution in [-0.2, 0) is 0 Å². The third-order valence-corrected chi connectivity index (χ3v) is 1.59. The molecule has 0 saturated carbocycles. The lowest BCUT2D eigenvalue weighted by molar-refractivity contribution is 0.579. The lowest BCUT2D eigenvalue weighted by Crippen LogP contribution is -2.09. The standard InChI is InChI=1S/C7H8ClFN2/c1-4(10)7-6(9)5(8)2-3-11-7/h2-4H,10H2,1H3/t4-/m0/s1. The van der Waals surface area contributed by atoms with Crippen LogP contribution in [0, 0.1) is 5.82 Å². The fourth-order valence-corrected chi connectivity index (χ4v) is 0.906. The number of hydrogen-bond donors (Lipinski definition) is 1. The number of pyridine rings is 1. The van der Waals surface area contributed by atoms with E-state index in [9.17, 15) is 4.39 Å². The molecule has 0 unspecified atom stereocenters. The second-order valence-electron chi connectivity index (χ2n) is 2.28. The molecule has 0 amide bonds. The van der Waals surface area contributed by atoms with Gasteiger partial charge >= 0.3 is 0 Å². The highest BCUT2D eigenvalue weighted by Crippen LogP contribution is 2.18. The van der Waals surface area contributed by atoms with Crippen molar-refractivity contribution in [2.45, 2.75) is 13.0 Å². The molecule has 0 saturated heterocycles. The predicted molar refractivity (Wildman–Crippen MR) is 41.8 cm³/mol. The molecule has 0 aliphatic carbocycles. The Morgan fingerprint density at radius 3 is 2.82 bits per heavy atom. The molecule has 60 valence electrons. The summed E-state index contributed by atoms with van der Waals surface area (Å²) in [5.74, 6) is -0.524. The molecule has 1 aromatic rings. The fourth-order valence-electron chi connectivity index (χ4n) is 0.753. The Bertz CT molecular complexity index is 263. The van der Waals surface area contributed by atoms with Gasteiger partial charge in [0.15, 0.2) is 5.82 Å². The van der Waals surface area contributed by atoms with E-state index in [-0.39, 0.29) is 10.7 Å². The molecule has 0 aliphatic heterocycles. The van der Waals surface area contributed by atoms with Crippen LogP contribution in [0.15, 0.2) is 12.3 Å². The summed E-state index contributed by atoms with van der Waals surface area (Å²) in [5.41, 5.74) is 5.63. The summed E-state index contributed by atoms with van der Waals surface area (Å²) in [4.78, 5) is 3.75. The molecule has 0 aliphatic rings. The normalized spacial score (nSPS) is 13.1. The lowest BCUT2D eigenvalue weighted by Gasteiger charge is -2.05. The Labute approximate surface area is 69.2 Å². The Morgan fingerprint density at radius 1 is 1.73 bits per heavy atom. The van der Waals surface area contributed by atoms with E-state index in [1.54, 1.807) is 6.92 Å². The maximum atomic E-state index is 13.0. The van der Waals surface area contributed by atoms with Crippen molar-refractivity contribution in [3.63, 3.8) is 0 Å². The molecule has 0 aromatic carbocycles. The number of rotatable bonds is 1. The highest BCUT2D eigenvalue weighted by Gasteiger charge is 2.10. The summed E-state index contributed by atoms with van der Waals surface area (Å²) in [6.07, 6.45) is 1.43. The summed E-state index contributed by atoms with van der Waals surface area (Å²) >= 11 is 5.49. The number of halogens is 2. The Balaban J connectivity index is 3.17. The number of aromatic nitrogens is 1. The maximum Gasteiger partial charge on any atom is 0.164 e. The molecule has 2 nitrogen and oxygen atoms in total. The molecule has 0 fully saturated rings. The van der Waals surface area contributed by atoms with E-state index in [0.29, 0.717) is 0 Å². The van der Waals surface area contributed by atoms with Gasteiger partial charge in [-0.3, -0.25) is 4.98 Å². The van der Waals surface area contributed by atoms with Crippen LogP contribution >= 0.6 is 11.6 Å². The topological polar surface area (TPSA) is 38.9 Å². The average Bonchev–Trinajstić information content (AvgIpc) is 1.94. The van der Waals surface area contributed by atoms with Gasteiger partial charge in [0.25, 0.3) is 0 Å². The van der Waals surface area contributed by atoms with Gasteiger partial charge in [-0.1, -0.05) is 11.6 Å². The molecular formula is C7H8ClFN2. The van der Waals surface area contributed by atoms with E-state index in [1.165, 1.54) is 12.3 Å². The second-order valence-corrected chi connectivity index (χ2v) is 2.69. The Morgan fingerprint density at radius 2 is 2.36 bits per heavy atom. The number of nitrogens with zero attached hydrogens (tertiary/aromatic N) is 1. The number of hydrogen-bond acceptors (Lipinski definition) is 2. The van der Waals surface area contributed by atoms with Gasteiger partial charge in [0.2, 0.25) is 0 Å². The first kappa shape index (κ1) is 8.43. The van der Waals surface area contributed by atoms with Gasteiger partial charge in [-0.15, -0.1) is 0 Å². The van der Waals surface area contributed by atoms with Crippen molar-refractivity contribution in [2.24, 2.45) is 5.73 Å². The molecule has 11 heavy (non-hydrogen) atoms. The highest BCUT2D eigenvalue weighted by atomic mass is 35.5. The van der Waals surface area contributed by atoms with Crippen molar-refractivity contribution in [2.75, 3.05) is 0 Å². The van der Waals surface area contributed by atoms with Gasteiger partial charge in [0, 0.05) is 12.2 Å². The minimum Gasteiger partial charge on any atom is -0.323 e. The van der Waals surface area contributed by atoms with Crippen LogP contribution in [0.2, 0.25) is 5.02 Å². The molecule has 1 rings (SSSR count). The third-order valence-electron chi connectivity index (χ3n) is 1.30. The van der Waals surface area contributed by atoms with Gasteiger partial charge in [-0.25, -0.2) is 4.39 Å². The molecule has 0 spiro atoms. The minimum atomic E-state index is -0.524. The smallest absolute Gasteiger partial charge is 0.164 e. The molecule has 0 bridgehead atoms. The zero-order valence-electron chi connectivity index (χ0n) is 6.01. The molecule has 1 heterocycles. The van der Waals surface area contributed by atoms with Crippen molar-refractivity contribution in [1.82, 2.24) is 4.98 Å². The molecule has 1 atom stereocenters. The van der Waals surface area contributed by atoms with E-state index >= 15 is 0 Å². The zero-order valence-corrected chi connectivity index (χ0v) is 6.77. The van der Waals surface area contributed by atoms with Gasteiger partial charge in [-0.2, -0.15) is 0 Å². The summed E-state index contributed by atoms with van der Waals surface area (Å²) in [7, 11) is 0. The molecule has 4 heteroatoms. The number of nitrogens with two attached hydrogens (primary N) is 1. The molecule has 0 radical (unpaired) electrons. The Kier molecular flexibility index (Phi) is 2.42. The van der Waals surface area contributed by atoms with E-state index in [0.717, 1.165) is 0 Å².